The van der Waals surface area contributed by atoms with E-state index in [1.165, 1.54) is 12.5 Å². The largest absolute Gasteiger partial charge is 0.449 e. The number of nitrogens with one attached hydrogen (secondary N) is 2. The van der Waals surface area contributed by atoms with Gasteiger partial charge >= 0.3 is 5.97 Å². The fourth-order valence-electron chi connectivity index (χ4n) is 3.12. The molecule has 2 aromatic carbocycles. The molecular formula is C23H26N2O4S2. The van der Waals surface area contributed by atoms with Crippen molar-refractivity contribution in [2.45, 2.75) is 31.5 Å². The molecule has 2 amide bonds. The van der Waals surface area contributed by atoms with E-state index in [0.29, 0.717) is 10.1 Å². The number of amides is 2. The first-order valence-corrected chi connectivity index (χ1v) is 12.1. The first-order valence-electron chi connectivity index (χ1n) is 10.0. The number of benzene rings is 2. The molecule has 1 unspecified atom stereocenters. The van der Waals surface area contributed by atoms with E-state index in [1.54, 1.807) is 12.1 Å². The number of hydrogen-bond donors (Lipinski definition) is 2. The average molecular weight is 459 g/mol. The second kappa shape index (κ2) is 10.7. The summed E-state index contributed by atoms with van der Waals surface area (Å²) in [4.78, 5) is 36.8. The SMILES string of the molecule is Cc1cccc(C)c1NC(=O)CNC(=O)C(C)OC(=O)c1ccc(C2SCCS2)cc1. The van der Waals surface area contributed by atoms with Gasteiger partial charge in [-0.2, -0.15) is 0 Å². The van der Waals surface area contributed by atoms with Crippen LogP contribution in [0.2, 0.25) is 0 Å². The Bertz CT molecular complexity index is 936. The molecule has 0 radical (unpaired) electrons. The van der Waals surface area contributed by atoms with E-state index in [2.05, 4.69) is 10.6 Å². The molecule has 3 rings (SSSR count). The van der Waals surface area contributed by atoms with E-state index in [-0.39, 0.29) is 12.5 Å². The van der Waals surface area contributed by atoms with Crippen molar-refractivity contribution in [2.75, 3.05) is 23.4 Å². The molecule has 1 aliphatic heterocycles. The minimum absolute atomic E-state index is 0.208. The van der Waals surface area contributed by atoms with Crippen LogP contribution in [0.3, 0.4) is 0 Å². The molecule has 0 aromatic heterocycles. The Morgan fingerprint density at radius 1 is 1.03 bits per heavy atom. The number of thioether (sulfide) groups is 2. The van der Waals surface area contributed by atoms with Crippen LogP contribution in [0.15, 0.2) is 42.5 Å². The summed E-state index contributed by atoms with van der Waals surface area (Å²) in [7, 11) is 0. The number of para-hydroxylation sites is 1. The molecule has 1 atom stereocenters. The summed E-state index contributed by atoms with van der Waals surface area (Å²) in [5, 5.41) is 5.31. The zero-order valence-electron chi connectivity index (χ0n) is 17.8. The van der Waals surface area contributed by atoms with Crippen LogP contribution in [0.4, 0.5) is 5.69 Å². The summed E-state index contributed by atoms with van der Waals surface area (Å²) >= 11 is 3.79. The van der Waals surface area contributed by atoms with Gasteiger partial charge in [0, 0.05) is 17.2 Å². The van der Waals surface area contributed by atoms with E-state index in [9.17, 15) is 14.4 Å². The Morgan fingerprint density at radius 2 is 1.65 bits per heavy atom. The van der Waals surface area contributed by atoms with Gasteiger partial charge in [-0.1, -0.05) is 30.3 Å². The summed E-state index contributed by atoms with van der Waals surface area (Å²) in [5.41, 5.74) is 4.18. The highest BCUT2D eigenvalue weighted by Gasteiger charge is 2.21. The van der Waals surface area contributed by atoms with Crippen LogP contribution in [0.1, 0.15) is 38.6 Å². The molecule has 31 heavy (non-hydrogen) atoms. The molecule has 1 heterocycles. The van der Waals surface area contributed by atoms with Crippen molar-refractivity contribution < 1.29 is 19.1 Å². The minimum Gasteiger partial charge on any atom is -0.449 e. The maximum absolute atomic E-state index is 12.4. The Kier molecular flexibility index (Phi) is 8.03. The zero-order valence-corrected chi connectivity index (χ0v) is 19.4. The number of esters is 1. The normalized spacial score (nSPS) is 14.7. The molecular weight excluding hydrogens is 432 g/mol. The van der Waals surface area contributed by atoms with Crippen molar-refractivity contribution in [1.82, 2.24) is 5.32 Å². The first-order chi connectivity index (χ1) is 14.8. The second-order valence-electron chi connectivity index (χ2n) is 7.28. The number of aryl methyl sites for hydroxylation is 2. The molecule has 0 bridgehead atoms. The van der Waals surface area contributed by atoms with Gasteiger partial charge in [0.1, 0.15) is 0 Å². The van der Waals surface area contributed by atoms with Gasteiger partial charge < -0.3 is 15.4 Å². The van der Waals surface area contributed by atoms with Crippen LogP contribution in [0.5, 0.6) is 0 Å². The third-order valence-electron chi connectivity index (χ3n) is 4.86. The van der Waals surface area contributed by atoms with Crippen molar-refractivity contribution in [3.8, 4) is 0 Å². The van der Waals surface area contributed by atoms with E-state index in [4.69, 9.17) is 4.74 Å². The van der Waals surface area contributed by atoms with Gasteiger partial charge in [0.25, 0.3) is 5.91 Å². The molecule has 2 aromatic rings. The lowest BCUT2D eigenvalue weighted by Crippen LogP contribution is -2.40. The molecule has 8 heteroatoms. The number of rotatable bonds is 7. The highest BCUT2D eigenvalue weighted by Crippen LogP contribution is 2.45. The Hall–Kier alpha value is -2.45. The predicted octanol–water partition coefficient (Wildman–Crippen LogP) is 4.08. The van der Waals surface area contributed by atoms with Crippen LogP contribution < -0.4 is 10.6 Å². The number of carbonyl (C=O) groups excluding carboxylic acids is 3. The molecule has 1 fully saturated rings. The van der Waals surface area contributed by atoms with E-state index < -0.39 is 18.0 Å². The van der Waals surface area contributed by atoms with Crippen molar-refractivity contribution in [3.63, 3.8) is 0 Å². The quantitative estimate of drug-likeness (QED) is 0.608. The van der Waals surface area contributed by atoms with Gasteiger partial charge in [0.05, 0.1) is 16.7 Å². The highest BCUT2D eigenvalue weighted by molar-refractivity contribution is 8.19. The van der Waals surface area contributed by atoms with Crippen LogP contribution in [-0.2, 0) is 14.3 Å². The van der Waals surface area contributed by atoms with Crippen LogP contribution >= 0.6 is 23.5 Å². The van der Waals surface area contributed by atoms with Crippen LogP contribution in [0.25, 0.3) is 0 Å². The molecule has 164 valence electrons. The Morgan fingerprint density at radius 3 is 2.26 bits per heavy atom. The van der Waals surface area contributed by atoms with E-state index in [1.807, 2.05) is 67.7 Å². The Labute approximate surface area is 190 Å². The maximum atomic E-state index is 12.4. The third kappa shape index (κ3) is 6.27. The summed E-state index contributed by atoms with van der Waals surface area (Å²) < 4.78 is 5.67. The number of carbonyl (C=O) groups is 3. The predicted molar refractivity (Wildman–Crippen MR) is 127 cm³/mol. The third-order valence-corrected chi connectivity index (χ3v) is 7.97. The lowest BCUT2D eigenvalue weighted by atomic mass is 10.1. The molecule has 0 aliphatic carbocycles. The van der Waals surface area contributed by atoms with Gasteiger partial charge in [-0.15, -0.1) is 23.5 Å². The zero-order chi connectivity index (χ0) is 22.4. The molecule has 6 nitrogen and oxygen atoms in total. The summed E-state index contributed by atoms with van der Waals surface area (Å²) in [5.74, 6) is 0.826. The van der Waals surface area contributed by atoms with Crippen LogP contribution in [-0.4, -0.2) is 41.9 Å². The lowest BCUT2D eigenvalue weighted by Gasteiger charge is -2.15. The first kappa shape index (κ1) is 23.2. The van der Waals surface area contributed by atoms with Crippen molar-refractivity contribution >= 4 is 47.0 Å². The van der Waals surface area contributed by atoms with Gasteiger partial charge in [-0.3, -0.25) is 9.59 Å². The average Bonchev–Trinajstić information content (AvgIpc) is 3.29. The maximum Gasteiger partial charge on any atom is 0.338 e. The highest BCUT2D eigenvalue weighted by atomic mass is 32.2. The molecule has 1 aliphatic rings. The lowest BCUT2D eigenvalue weighted by molar-refractivity contribution is -0.130. The second-order valence-corrected chi connectivity index (χ2v) is 10.0. The topological polar surface area (TPSA) is 84.5 Å². The van der Waals surface area contributed by atoms with E-state index in [0.717, 1.165) is 28.3 Å². The fraction of sp³-hybridized carbons (Fsp3) is 0.348. The van der Waals surface area contributed by atoms with Gasteiger partial charge in [-0.25, -0.2) is 4.79 Å². The Balaban J connectivity index is 1.47. The number of hydrogen-bond acceptors (Lipinski definition) is 6. The number of ether oxygens (including phenoxy) is 1. The van der Waals surface area contributed by atoms with Crippen LogP contribution in [0, 0.1) is 13.8 Å². The molecule has 1 saturated heterocycles. The molecule has 0 spiro atoms. The smallest absolute Gasteiger partial charge is 0.338 e. The van der Waals surface area contributed by atoms with Crippen molar-refractivity contribution in [3.05, 3.63) is 64.7 Å². The fourth-order valence-corrected chi connectivity index (χ4v) is 5.98. The van der Waals surface area contributed by atoms with Gasteiger partial charge in [0.2, 0.25) is 5.91 Å². The monoisotopic (exact) mass is 458 g/mol. The van der Waals surface area contributed by atoms with E-state index >= 15 is 0 Å². The summed E-state index contributed by atoms with van der Waals surface area (Å²) in [6.45, 7) is 5.08. The number of anilines is 1. The van der Waals surface area contributed by atoms with Crippen molar-refractivity contribution in [1.29, 1.82) is 0 Å². The van der Waals surface area contributed by atoms with Crippen molar-refractivity contribution in [2.24, 2.45) is 0 Å². The summed E-state index contributed by atoms with van der Waals surface area (Å²) in [6.07, 6.45) is -1.01. The molecule has 2 N–H and O–H groups in total. The summed E-state index contributed by atoms with van der Waals surface area (Å²) in [6, 6.07) is 13.0. The molecule has 0 saturated carbocycles. The standard InChI is InChI=1S/C23H26N2O4S2/c1-14-5-4-6-15(2)20(14)25-19(26)13-24-21(27)16(3)29-22(28)17-7-9-18(10-8-17)23-30-11-12-31-23/h4-10,16,23H,11-13H2,1-3H3,(H,24,27)(H,25,26). The van der Waals surface area contributed by atoms with Gasteiger partial charge in [0.15, 0.2) is 6.10 Å². The minimum atomic E-state index is -1.01. The van der Waals surface area contributed by atoms with Gasteiger partial charge in [-0.05, 0) is 49.6 Å².